The molecule has 0 aromatic carbocycles. The fraction of sp³-hybridized carbons (Fsp3) is 0.840. The van der Waals surface area contributed by atoms with Crippen LogP contribution >= 0.6 is 15.6 Å². The maximum atomic E-state index is 12.2. The van der Waals surface area contributed by atoms with Crippen molar-refractivity contribution in [2.75, 3.05) is 18.9 Å². The Bertz CT molecular complexity index is 1020. The van der Waals surface area contributed by atoms with Crippen LogP contribution in [-0.4, -0.2) is 79.4 Å². The van der Waals surface area contributed by atoms with E-state index in [0.717, 1.165) is 30.3 Å². The molecule has 0 aliphatic carbocycles. The number of ether oxygens (including phenoxy) is 1. The standard InChI is InChI=1S/C25H47N3O10P2.Na/c1-2-3-4-5-6-7-8-9-10-11-12-13-14-15-18-35-39(31,32)38-40(33,34)36-20-22-21(29)19-24(37-22)28-17-16-23(26)27-25(28)30;/h16-17,21-22,24,29H,2-15,18-20H2,1H3,(H,31,32)(H,33,34)(H2,26,27,30);. The quantitative estimate of drug-likeness (QED) is 0.0773. The number of anilines is 1. The third kappa shape index (κ3) is 16.5. The number of rotatable bonds is 22. The zero-order chi connectivity index (χ0) is 29.4. The van der Waals surface area contributed by atoms with Crippen molar-refractivity contribution in [1.82, 2.24) is 9.55 Å². The van der Waals surface area contributed by atoms with Gasteiger partial charge >= 0.3 is 21.3 Å². The molecule has 5 atom stereocenters. The molecule has 1 aliphatic rings. The van der Waals surface area contributed by atoms with Crippen molar-refractivity contribution in [3.05, 3.63) is 22.7 Å². The molecule has 1 aromatic rings. The van der Waals surface area contributed by atoms with E-state index in [1.54, 1.807) is 0 Å². The fourth-order valence-electron chi connectivity index (χ4n) is 4.50. The number of nitrogens with two attached hydrogens (primary N) is 1. The molecule has 13 nitrogen and oxygen atoms in total. The third-order valence-corrected chi connectivity index (χ3v) is 9.36. The molecule has 5 unspecified atom stereocenters. The van der Waals surface area contributed by atoms with Gasteiger partial charge in [-0.2, -0.15) is 9.29 Å². The minimum Gasteiger partial charge on any atom is -0.390 e. The van der Waals surface area contributed by atoms with Crippen LogP contribution in [0, 0.1) is 0 Å². The van der Waals surface area contributed by atoms with Gasteiger partial charge in [-0.1, -0.05) is 90.4 Å². The van der Waals surface area contributed by atoms with Gasteiger partial charge in [0.15, 0.2) is 0 Å². The first-order chi connectivity index (χ1) is 19.0. The number of unbranched alkanes of at least 4 members (excludes halogenated alkanes) is 13. The first-order valence-corrected chi connectivity index (χ1v) is 17.4. The SMILES string of the molecule is CCCCCCCCCCCCCCCCOP(=O)(O)OP(=O)(O)OCC1OC(n2ccc(N)nc2=O)CC1O.[Na]. The molecule has 233 valence electrons. The number of aliphatic hydroxyl groups excluding tert-OH is 1. The van der Waals surface area contributed by atoms with Gasteiger partial charge in [0.25, 0.3) is 0 Å². The van der Waals surface area contributed by atoms with Crippen molar-refractivity contribution < 1.29 is 42.1 Å². The van der Waals surface area contributed by atoms with Crippen LogP contribution in [0.15, 0.2) is 17.1 Å². The summed E-state index contributed by atoms with van der Waals surface area (Å²) in [7, 11) is -9.87. The summed E-state index contributed by atoms with van der Waals surface area (Å²) in [5.74, 6) is 0.0260. The van der Waals surface area contributed by atoms with E-state index in [-0.39, 0.29) is 48.4 Å². The van der Waals surface area contributed by atoms with Crippen LogP contribution in [-0.2, 0) is 27.2 Å². The molecule has 5 N–H and O–H groups in total. The van der Waals surface area contributed by atoms with Crippen molar-refractivity contribution in [2.24, 2.45) is 0 Å². The van der Waals surface area contributed by atoms with Crippen molar-refractivity contribution in [3.63, 3.8) is 0 Å². The number of nitrogen functional groups attached to an aromatic ring is 1. The number of hydrogen-bond donors (Lipinski definition) is 4. The summed E-state index contributed by atoms with van der Waals surface area (Å²) in [5, 5.41) is 10.2. The fourth-order valence-corrected chi connectivity index (χ4v) is 6.62. The van der Waals surface area contributed by atoms with Gasteiger partial charge in [0, 0.05) is 42.2 Å². The largest absolute Gasteiger partial charge is 0.481 e. The van der Waals surface area contributed by atoms with E-state index in [2.05, 4.69) is 16.2 Å². The van der Waals surface area contributed by atoms with E-state index in [4.69, 9.17) is 19.5 Å². The van der Waals surface area contributed by atoms with Gasteiger partial charge in [0.1, 0.15) is 18.1 Å². The zero-order valence-electron chi connectivity index (χ0n) is 24.5. The average molecular weight is 635 g/mol. The van der Waals surface area contributed by atoms with E-state index >= 15 is 0 Å². The molecular weight excluding hydrogens is 587 g/mol. The minimum absolute atomic E-state index is 0. The second kappa shape index (κ2) is 20.7. The smallest absolute Gasteiger partial charge is 0.390 e. The molecule has 16 heteroatoms. The van der Waals surface area contributed by atoms with E-state index in [1.807, 2.05) is 0 Å². The maximum Gasteiger partial charge on any atom is 0.481 e. The molecular formula is C25H47N3NaO10P2. The van der Waals surface area contributed by atoms with E-state index in [9.17, 15) is 28.8 Å². The molecule has 0 spiro atoms. The van der Waals surface area contributed by atoms with Crippen LogP contribution in [0.3, 0.4) is 0 Å². The summed E-state index contributed by atoms with van der Waals surface area (Å²) in [6, 6.07) is 1.38. The summed E-state index contributed by atoms with van der Waals surface area (Å²) in [6.07, 6.45) is 14.5. The summed E-state index contributed by atoms with van der Waals surface area (Å²) < 4.78 is 44.8. The molecule has 0 amide bonds. The van der Waals surface area contributed by atoms with Crippen LogP contribution in [0.1, 0.15) is 109 Å². The second-order valence-electron chi connectivity index (χ2n) is 10.2. The summed E-state index contributed by atoms with van der Waals surface area (Å²) in [5.41, 5.74) is 4.77. The maximum absolute atomic E-state index is 12.2. The number of hydrogen-bond acceptors (Lipinski definition) is 10. The molecule has 1 saturated heterocycles. The van der Waals surface area contributed by atoms with Gasteiger partial charge in [-0.3, -0.25) is 13.6 Å². The third-order valence-electron chi connectivity index (χ3n) is 6.73. The predicted molar refractivity (Wildman–Crippen MR) is 156 cm³/mol. The Morgan fingerprint density at radius 2 is 1.46 bits per heavy atom. The Labute approximate surface area is 265 Å². The normalized spacial score (nSPS) is 21.7. The first kappa shape index (κ1) is 38.9. The van der Waals surface area contributed by atoms with Crippen LogP contribution in [0.2, 0.25) is 0 Å². The van der Waals surface area contributed by atoms with E-state index in [1.165, 1.54) is 70.1 Å². The molecule has 1 radical (unpaired) electrons. The Balaban J connectivity index is 0.00000840. The Hall–Kier alpha value is -0.140. The molecule has 2 heterocycles. The topological polar surface area (TPSA) is 193 Å². The van der Waals surface area contributed by atoms with Gasteiger partial charge in [-0.25, -0.2) is 13.9 Å². The van der Waals surface area contributed by atoms with Gasteiger partial charge in [0.05, 0.1) is 19.3 Å². The number of phosphoric ester groups is 2. The summed E-state index contributed by atoms with van der Waals surface area (Å²) in [6.45, 7) is 1.48. The van der Waals surface area contributed by atoms with Crippen molar-refractivity contribution in [2.45, 2.75) is 122 Å². The Morgan fingerprint density at radius 3 is 2.00 bits per heavy atom. The van der Waals surface area contributed by atoms with Crippen molar-refractivity contribution in [1.29, 1.82) is 0 Å². The van der Waals surface area contributed by atoms with E-state index < -0.39 is 46.4 Å². The average Bonchev–Trinajstić information content (AvgIpc) is 3.24. The molecule has 1 aromatic heterocycles. The number of aliphatic hydroxyl groups is 1. The molecule has 0 saturated carbocycles. The van der Waals surface area contributed by atoms with Crippen molar-refractivity contribution in [3.8, 4) is 0 Å². The van der Waals surface area contributed by atoms with Crippen molar-refractivity contribution >= 4 is 51.0 Å². The van der Waals surface area contributed by atoms with Gasteiger partial charge in [-0.15, -0.1) is 0 Å². The van der Waals surface area contributed by atoms with Gasteiger partial charge in [0.2, 0.25) is 0 Å². The van der Waals surface area contributed by atoms with Gasteiger partial charge in [-0.05, 0) is 12.5 Å². The van der Waals surface area contributed by atoms with Crippen LogP contribution in [0.4, 0.5) is 5.82 Å². The van der Waals surface area contributed by atoms with Crippen LogP contribution in [0.5, 0.6) is 0 Å². The van der Waals surface area contributed by atoms with Crippen LogP contribution < -0.4 is 11.4 Å². The minimum atomic E-state index is -5.02. The van der Waals surface area contributed by atoms with Gasteiger partial charge < -0.3 is 25.4 Å². The number of phosphoric acid groups is 2. The molecule has 0 bridgehead atoms. The summed E-state index contributed by atoms with van der Waals surface area (Å²) >= 11 is 0. The predicted octanol–water partition coefficient (Wildman–Crippen LogP) is 4.83. The second-order valence-corrected chi connectivity index (χ2v) is 13.3. The molecule has 1 aliphatic heterocycles. The molecule has 2 rings (SSSR count). The Kier molecular flexibility index (Phi) is 19.7. The summed E-state index contributed by atoms with van der Waals surface area (Å²) in [4.78, 5) is 35.2. The number of nitrogens with zero attached hydrogens (tertiary/aromatic N) is 2. The molecule has 41 heavy (non-hydrogen) atoms. The molecule has 1 fully saturated rings. The van der Waals surface area contributed by atoms with Crippen LogP contribution in [0.25, 0.3) is 0 Å². The zero-order valence-corrected chi connectivity index (χ0v) is 28.3. The number of aromatic nitrogens is 2. The first-order valence-electron chi connectivity index (χ1n) is 14.4. The monoisotopic (exact) mass is 634 g/mol. The van der Waals surface area contributed by atoms with E-state index in [0.29, 0.717) is 6.42 Å². The Morgan fingerprint density at radius 1 is 0.951 bits per heavy atom.